The minimum atomic E-state index is -0.547. The molecule has 1 aromatic carbocycles. The molecule has 0 saturated carbocycles. The summed E-state index contributed by atoms with van der Waals surface area (Å²) in [5, 5.41) is 3.35. The molecule has 1 aromatic heterocycles. The van der Waals surface area contributed by atoms with Gasteiger partial charge in [0.2, 0.25) is 11.8 Å². The molecule has 3 N–H and O–H groups in total. The number of hydrogen-bond acceptors (Lipinski definition) is 6. The first-order valence-electron chi connectivity index (χ1n) is 9.65. The number of benzene rings is 1. The number of thioether (sulfide) groups is 1. The van der Waals surface area contributed by atoms with E-state index >= 15 is 0 Å². The van der Waals surface area contributed by atoms with Gasteiger partial charge in [0.1, 0.15) is 10.8 Å². The quantitative estimate of drug-likeness (QED) is 0.478. The Hall–Kier alpha value is -2.52. The number of carbonyl (C=O) groups is 3. The standard InChI is InChI=1S/C21H25N3O4S2/c1-13(25)24-10-9-16-17(12-24)30-21(19(16)20(22)27)23-18(26)4-3-11-29-15-7-5-14(28-2)6-8-15/h5-8H,3-4,9-12H2,1-2H3,(H2,22,27)(H,23,26). The lowest BCUT2D eigenvalue weighted by molar-refractivity contribution is -0.129. The largest absolute Gasteiger partial charge is 0.497 e. The number of nitrogens with two attached hydrogens (primary N) is 1. The monoisotopic (exact) mass is 447 g/mol. The van der Waals surface area contributed by atoms with Gasteiger partial charge in [-0.2, -0.15) is 0 Å². The maximum absolute atomic E-state index is 12.4. The zero-order valence-electron chi connectivity index (χ0n) is 17.0. The molecule has 3 rings (SSSR count). The van der Waals surface area contributed by atoms with Crippen LogP contribution in [0.4, 0.5) is 5.00 Å². The number of ether oxygens (including phenoxy) is 1. The third kappa shape index (κ3) is 5.34. The molecule has 0 bridgehead atoms. The van der Waals surface area contributed by atoms with E-state index in [1.54, 1.807) is 23.8 Å². The van der Waals surface area contributed by atoms with Gasteiger partial charge in [0.25, 0.3) is 5.91 Å². The van der Waals surface area contributed by atoms with Crippen molar-refractivity contribution in [1.82, 2.24) is 4.90 Å². The van der Waals surface area contributed by atoms with Crippen LogP contribution in [-0.4, -0.2) is 42.0 Å². The van der Waals surface area contributed by atoms with Gasteiger partial charge >= 0.3 is 0 Å². The van der Waals surface area contributed by atoms with Crippen molar-refractivity contribution in [1.29, 1.82) is 0 Å². The molecule has 0 aliphatic carbocycles. The summed E-state index contributed by atoms with van der Waals surface area (Å²) in [5.41, 5.74) is 6.83. The van der Waals surface area contributed by atoms with Gasteiger partial charge in [0.05, 0.1) is 19.2 Å². The maximum Gasteiger partial charge on any atom is 0.251 e. The van der Waals surface area contributed by atoms with Crippen LogP contribution in [0.3, 0.4) is 0 Å². The smallest absolute Gasteiger partial charge is 0.251 e. The number of rotatable bonds is 8. The van der Waals surface area contributed by atoms with Gasteiger partial charge in [0.15, 0.2) is 0 Å². The third-order valence-corrected chi connectivity index (χ3v) is 7.11. The molecule has 1 aliphatic rings. The fraction of sp³-hybridized carbons (Fsp3) is 0.381. The van der Waals surface area contributed by atoms with Crippen molar-refractivity contribution < 1.29 is 19.1 Å². The van der Waals surface area contributed by atoms with Gasteiger partial charge in [-0.25, -0.2) is 0 Å². The molecular weight excluding hydrogens is 422 g/mol. The number of nitrogens with one attached hydrogen (secondary N) is 1. The van der Waals surface area contributed by atoms with E-state index < -0.39 is 5.91 Å². The number of anilines is 1. The molecule has 0 fully saturated rings. The molecule has 0 unspecified atom stereocenters. The van der Waals surface area contributed by atoms with E-state index in [1.165, 1.54) is 18.3 Å². The van der Waals surface area contributed by atoms with E-state index in [2.05, 4.69) is 5.32 Å². The molecule has 9 heteroatoms. The van der Waals surface area contributed by atoms with Crippen LogP contribution in [0.1, 0.15) is 40.6 Å². The zero-order chi connectivity index (χ0) is 21.7. The lowest BCUT2D eigenvalue weighted by atomic mass is 10.0. The number of methoxy groups -OCH3 is 1. The Balaban J connectivity index is 1.55. The van der Waals surface area contributed by atoms with Crippen molar-refractivity contribution in [2.24, 2.45) is 5.73 Å². The predicted octanol–water partition coefficient (Wildman–Crippen LogP) is 3.27. The lowest BCUT2D eigenvalue weighted by Gasteiger charge is -2.25. The second-order valence-corrected chi connectivity index (χ2v) is 9.21. The van der Waals surface area contributed by atoms with Crippen LogP contribution in [0.2, 0.25) is 0 Å². The van der Waals surface area contributed by atoms with Gasteiger partial charge in [-0.05, 0) is 48.4 Å². The van der Waals surface area contributed by atoms with Gasteiger partial charge in [-0.15, -0.1) is 23.1 Å². The molecule has 0 spiro atoms. The summed E-state index contributed by atoms with van der Waals surface area (Å²) in [6.07, 6.45) is 1.62. The molecule has 1 aliphatic heterocycles. The van der Waals surface area contributed by atoms with Gasteiger partial charge in [-0.1, -0.05) is 0 Å². The summed E-state index contributed by atoms with van der Waals surface area (Å²) < 4.78 is 5.14. The van der Waals surface area contributed by atoms with Crippen LogP contribution < -0.4 is 15.8 Å². The van der Waals surface area contributed by atoms with Crippen LogP contribution in [-0.2, 0) is 22.6 Å². The lowest BCUT2D eigenvalue weighted by Crippen LogP contribution is -2.34. The molecular formula is C21H25N3O4S2. The number of fused-ring (bicyclic) bond motifs is 1. The van der Waals surface area contributed by atoms with Crippen LogP contribution in [0.15, 0.2) is 29.2 Å². The van der Waals surface area contributed by atoms with Crippen LogP contribution >= 0.6 is 23.1 Å². The normalized spacial score (nSPS) is 12.9. The number of primary amides is 1. The van der Waals surface area contributed by atoms with E-state index in [-0.39, 0.29) is 11.8 Å². The highest BCUT2D eigenvalue weighted by molar-refractivity contribution is 7.99. The fourth-order valence-corrected chi connectivity index (χ4v) is 5.44. The fourth-order valence-electron chi connectivity index (χ4n) is 3.30. The summed E-state index contributed by atoms with van der Waals surface area (Å²) in [7, 11) is 1.63. The molecule has 7 nitrogen and oxygen atoms in total. The Morgan fingerprint density at radius 2 is 2.00 bits per heavy atom. The molecule has 0 radical (unpaired) electrons. The number of hydrogen-bond donors (Lipinski definition) is 2. The Labute approximate surface area is 184 Å². The Morgan fingerprint density at radius 3 is 2.63 bits per heavy atom. The van der Waals surface area contributed by atoms with E-state index in [0.717, 1.165) is 26.8 Å². The summed E-state index contributed by atoms with van der Waals surface area (Å²) in [6, 6.07) is 7.80. The van der Waals surface area contributed by atoms with Crippen LogP contribution in [0.5, 0.6) is 5.75 Å². The molecule has 0 atom stereocenters. The van der Waals surface area contributed by atoms with Crippen molar-refractivity contribution in [3.8, 4) is 5.75 Å². The van der Waals surface area contributed by atoms with Crippen LogP contribution in [0.25, 0.3) is 0 Å². The van der Waals surface area contributed by atoms with Gasteiger partial charge in [-0.3, -0.25) is 14.4 Å². The summed E-state index contributed by atoms with van der Waals surface area (Å²) >= 11 is 3.01. The van der Waals surface area contributed by atoms with Gasteiger partial charge < -0.3 is 20.7 Å². The Morgan fingerprint density at radius 1 is 1.27 bits per heavy atom. The van der Waals surface area contributed by atoms with Crippen molar-refractivity contribution >= 4 is 45.8 Å². The highest BCUT2D eigenvalue weighted by Crippen LogP contribution is 2.37. The first-order valence-corrected chi connectivity index (χ1v) is 11.5. The summed E-state index contributed by atoms with van der Waals surface area (Å²) in [6.45, 7) is 2.53. The molecule has 30 heavy (non-hydrogen) atoms. The summed E-state index contributed by atoms with van der Waals surface area (Å²) in [5.74, 6) is 0.921. The number of nitrogens with zero attached hydrogens (tertiary/aromatic N) is 1. The van der Waals surface area contributed by atoms with Crippen molar-refractivity contribution in [3.63, 3.8) is 0 Å². The zero-order valence-corrected chi connectivity index (χ0v) is 18.7. The van der Waals surface area contributed by atoms with Gasteiger partial charge in [0, 0.05) is 29.7 Å². The van der Waals surface area contributed by atoms with E-state index in [4.69, 9.17) is 10.5 Å². The summed E-state index contributed by atoms with van der Waals surface area (Å²) in [4.78, 5) is 39.8. The average Bonchev–Trinajstić information content (AvgIpc) is 3.08. The topological polar surface area (TPSA) is 102 Å². The molecule has 0 saturated heterocycles. The second-order valence-electron chi connectivity index (χ2n) is 6.94. The maximum atomic E-state index is 12.4. The number of thiophene rings is 1. The first kappa shape index (κ1) is 22.2. The highest BCUT2D eigenvalue weighted by Gasteiger charge is 2.28. The van der Waals surface area contributed by atoms with Crippen molar-refractivity contribution in [3.05, 3.63) is 40.3 Å². The molecule has 160 valence electrons. The third-order valence-electron chi connectivity index (χ3n) is 4.88. The predicted molar refractivity (Wildman–Crippen MR) is 119 cm³/mol. The second kappa shape index (κ2) is 9.99. The molecule has 2 heterocycles. The SMILES string of the molecule is COc1ccc(SCCCC(=O)Nc2sc3c(c2C(N)=O)CCN(C(C)=O)C3)cc1. The molecule has 2 aromatic rings. The van der Waals surface area contributed by atoms with Crippen molar-refractivity contribution in [2.75, 3.05) is 24.7 Å². The van der Waals surface area contributed by atoms with E-state index in [0.29, 0.717) is 42.9 Å². The molecule has 3 amide bonds. The Bertz CT molecular complexity index is 940. The highest BCUT2D eigenvalue weighted by atomic mass is 32.2. The first-order chi connectivity index (χ1) is 14.4. The van der Waals surface area contributed by atoms with Crippen molar-refractivity contribution in [2.45, 2.75) is 37.6 Å². The number of amides is 3. The van der Waals surface area contributed by atoms with E-state index in [9.17, 15) is 14.4 Å². The minimum absolute atomic E-state index is 0.00498. The Kier molecular flexibility index (Phi) is 7.38. The number of carbonyl (C=O) groups excluding carboxylic acids is 3. The minimum Gasteiger partial charge on any atom is -0.497 e. The van der Waals surface area contributed by atoms with Crippen LogP contribution in [0, 0.1) is 0 Å². The van der Waals surface area contributed by atoms with E-state index in [1.807, 2.05) is 24.3 Å². The average molecular weight is 448 g/mol.